The van der Waals surface area contributed by atoms with Crippen molar-refractivity contribution in [2.45, 2.75) is 17.9 Å². The Hall–Kier alpha value is -2.65. The van der Waals surface area contributed by atoms with Gasteiger partial charge in [-0.15, -0.1) is 0 Å². The van der Waals surface area contributed by atoms with Crippen molar-refractivity contribution in [1.29, 1.82) is 5.26 Å². The number of nitrogens with zero attached hydrogens (tertiary/aromatic N) is 2. The van der Waals surface area contributed by atoms with Crippen LogP contribution in [0, 0.1) is 11.3 Å². The van der Waals surface area contributed by atoms with E-state index in [0.717, 1.165) is 6.20 Å². The Balaban J connectivity index is 2.23. The van der Waals surface area contributed by atoms with Crippen molar-refractivity contribution >= 4 is 39.2 Å². The first-order valence-electron chi connectivity index (χ1n) is 8.44. The lowest BCUT2D eigenvalue weighted by Crippen LogP contribution is -2.40. The molecule has 0 saturated carbocycles. The second kappa shape index (κ2) is 9.71. The van der Waals surface area contributed by atoms with Crippen molar-refractivity contribution in [2.75, 3.05) is 31.6 Å². The highest BCUT2D eigenvalue weighted by molar-refractivity contribution is 7.89. The van der Waals surface area contributed by atoms with Crippen molar-refractivity contribution < 1.29 is 27.9 Å². The van der Waals surface area contributed by atoms with Gasteiger partial charge in [0.05, 0.1) is 28.8 Å². The predicted molar refractivity (Wildman–Crippen MR) is 104 cm³/mol. The first-order valence-corrected chi connectivity index (χ1v) is 10.3. The maximum atomic E-state index is 12.8. The number of benzene rings is 1. The lowest BCUT2D eigenvalue weighted by molar-refractivity contribution is -0.140. The Kier molecular flexibility index (Phi) is 7.58. The number of nitrogens with one attached hydrogen (secondary N) is 2. The van der Waals surface area contributed by atoms with Crippen LogP contribution in [0.25, 0.3) is 0 Å². The number of nitriles is 1. The van der Waals surface area contributed by atoms with Crippen LogP contribution in [0.2, 0.25) is 5.02 Å². The molecular formula is C17H19ClN4O6S. The fraction of sp³-hybridized carbons (Fsp3) is 0.353. The number of ether oxygens (including phenoxy) is 1. The lowest BCUT2D eigenvalue weighted by atomic mass is 10.2. The molecular weight excluding hydrogens is 424 g/mol. The monoisotopic (exact) mass is 442 g/mol. The van der Waals surface area contributed by atoms with Gasteiger partial charge in [0.1, 0.15) is 17.7 Å². The zero-order chi connectivity index (χ0) is 21.6. The summed E-state index contributed by atoms with van der Waals surface area (Å²) < 4.78 is 32.0. The maximum Gasteiger partial charge on any atom is 0.325 e. The van der Waals surface area contributed by atoms with Gasteiger partial charge in [0.2, 0.25) is 10.0 Å². The van der Waals surface area contributed by atoms with Gasteiger partial charge < -0.3 is 20.5 Å². The van der Waals surface area contributed by atoms with E-state index in [-0.39, 0.29) is 28.7 Å². The Morgan fingerprint density at radius 3 is 2.62 bits per heavy atom. The molecule has 1 aliphatic heterocycles. The fourth-order valence-corrected chi connectivity index (χ4v) is 3.95. The molecule has 0 aromatic heterocycles. The Bertz CT molecular complexity index is 967. The number of amides is 1. The van der Waals surface area contributed by atoms with Crippen molar-refractivity contribution in [3.8, 4) is 6.07 Å². The number of carbonyl (C=O) groups is 2. The van der Waals surface area contributed by atoms with E-state index in [2.05, 4.69) is 10.6 Å². The van der Waals surface area contributed by atoms with Crippen LogP contribution in [0.4, 0.5) is 5.69 Å². The maximum absolute atomic E-state index is 12.8. The molecule has 0 radical (unpaired) electrons. The van der Waals surface area contributed by atoms with Crippen molar-refractivity contribution in [3.05, 3.63) is 35.0 Å². The molecule has 1 aromatic carbocycles. The van der Waals surface area contributed by atoms with Crippen molar-refractivity contribution in [1.82, 2.24) is 9.62 Å². The third-order valence-corrected chi connectivity index (χ3v) is 6.22. The number of morpholine rings is 1. The second-order valence-corrected chi connectivity index (χ2v) is 8.35. The summed E-state index contributed by atoms with van der Waals surface area (Å²) in [4.78, 5) is 22.8. The second-order valence-electron chi connectivity index (χ2n) is 6.01. The Morgan fingerprint density at radius 1 is 1.38 bits per heavy atom. The predicted octanol–water partition coefficient (Wildman–Crippen LogP) is 0.770. The minimum atomic E-state index is -3.76. The molecule has 1 heterocycles. The third kappa shape index (κ3) is 5.68. The number of carbonyl (C=O) groups excluding carboxylic acids is 1. The zero-order valence-corrected chi connectivity index (χ0v) is 17.0. The molecule has 1 saturated heterocycles. The molecule has 3 N–H and O–H groups in total. The van der Waals surface area contributed by atoms with E-state index in [4.69, 9.17) is 26.7 Å². The molecule has 12 heteroatoms. The fourth-order valence-electron chi connectivity index (χ4n) is 2.35. The minimum absolute atomic E-state index is 0.0119. The van der Waals surface area contributed by atoms with Gasteiger partial charge in [-0.05, 0) is 25.1 Å². The SMILES string of the molecule is CC(NC(=O)/C(C#N)=C\Nc1cc(S(=O)(=O)N2CCOCC2)ccc1Cl)C(=O)O. The first kappa shape index (κ1) is 22.6. The Labute approximate surface area is 172 Å². The summed E-state index contributed by atoms with van der Waals surface area (Å²) in [5.74, 6) is -2.16. The van der Waals surface area contributed by atoms with Gasteiger partial charge in [-0.2, -0.15) is 9.57 Å². The molecule has 10 nitrogen and oxygen atoms in total. The van der Waals surface area contributed by atoms with Crippen LogP contribution >= 0.6 is 11.6 Å². The van der Waals surface area contributed by atoms with Crippen LogP contribution in [0.15, 0.2) is 34.9 Å². The van der Waals surface area contributed by atoms with Crippen LogP contribution in [0.3, 0.4) is 0 Å². The van der Waals surface area contributed by atoms with Gasteiger partial charge in [0, 0.05) is 19.3 Å². The molecule has 0 bridgehead atoms. The van der Waals surface area contributed by atoms with E-state index in [0.29, 0.717) is 13.2 Å². The van der Waals surface area contributed by atoms with Crippen LogP contribution in [0.1, 0.15) is 6.92 Å². The normalized spacial score (nSPS) is 16.5. The van der Waals surface area contributed by atoms with Gasteiger partial charge in [-0.1, -0.05) is 11.6 Å². The zero-order valence-electron chi connectivity index (χ0n) is 15.4. The molecule has 1 atom stereocenters. The van der Waals surface area contributed by atoms with E-state index in [1.165, 1.54) is 29.4 Å². The van der Waals surface area contributed by atoms with Crippen LogP contribution in [-0.2, 0) is 24.3 Å². The number of hydrogen-bond acceptors (Lipinski definition) is 7. The van der Waals surface area contributed by atoms with E-state index >= 15 is 0 Å². The molecule has 0 aliphatic carbocycles. The van der Waals surface area contributed by atoms with Crippen molar-refractivity contribution in [3.63, 3.8) is 0 Å². The highest BCUT2D eigenvalue weighted by Gasteiger charge is 2.27. The van der Waals surface area contributed by atoms with Crippen LogP contribution in [0.5, 0.6) is 0 Å². The van der Waals surface area contributed by atoms with Gasteiger partial charge in [0.15, 0.2) is 0 Å². The first-order chi connectivity index (χ1) is 13.7. The molecule has 1 fully saturated rings. The van der Waals surface area contributed by atoms with Gasteiger partial charge >= 0.3 is 5.97 Å². The summed E-state index contributed by atoms with van der Waals surface area (Å²) in [6.07, 6.45) is 1.02. The van der Waals surface area contributed by atoms with Crippen LogP contribution < -0.4 is 10.6 Å². The number of anilines is 1. The summed E-state index contributed by atoms with van der Waals surface area (Å²) in [5.41, 5.74) is -0.247. The number of hydrogen-bond donors (Lipinski definition) is 3. The van der Waals surface area contributed by atoms with Gasteiger partial charge in [-0.3, -0.25) is 9.59 Å². The average molecular weight is 443 g/mol. The number of rotatable bonds is 7. The Morgan fingerprint density at radius 2 is 2.03 bits per heavy atom. The molecule has 2 rings (SSSR count). The molecule has 1 aromatic rings. The molecule has 1 amide bonds. The quantitative estimate of drug-likeness (QED) is 0.414. The minimum Gasteiger partial charge on any atom is -0.480 e. The number of halogens is 1. The van der Waals surface area contributed by atoms with Crippen LogP contribution in [-0.4, -0.2) is 62.1 Å². The molecule has 1 unspecified atom stereocenters. The summed E-state index contributed by atoms with van der Waals surface area (Å²) >= 11 is 6.08. The van der Waals surface area contributed by atoms with E-state index in [1.807, 2.05) is 0 Å². The highest BCUT2D eigenvalue weighted by Crippen LogP contribution is 2.27. The number of carboxylic acid groups (broad SMARTS) is 1. The standard InChI is InChI=1S/C17H19ClN4O6S/c1-11(17(24)25)21-16(23)12(9-19)10-20-15-8-13(2-3-14(15)18)29(26,27)22-4-6-28-7-5-22/h2-3,8,10-11,20H,4-7H2,1H3,(H,21,23)(H,24,25)/b12-10-. The molecule has 156 valence electrons. The topological polar surface area (TPSA) is 149 Å². The summed E-state index contributed by atoms with van der Waals surface area (Å²) in [5, 5.41) is 22.9. The number of carboxylic acids is 1. The largest absolute Gasteiger partial charge is 0.480 e. The summed E-state index contributed by atoms with van der Waals surface area (Å²) in [7, 11) is -3.76. The molecule has 1 aliphatic rings. The van der Waals surface area contributed by atoms with E-state index in [9.17, 15) is 18.0 Å². The number of sulfonamides is 1. The summed E-state index contributed by atoms with van der Waals surface area (Å²) in [6, 6.07) is 4.47. The van der Waals surface area contributed by atoms with E-state index in [1.54, 1.807) is 6.07 Å². The van der Waals surface area contributed by atoms with Crippen molar-refractivity contribution in [2.24, 2.45) is 0 Å². The van der Waals surface area contributed by atoms with E-state index < -0.39 is 33.5 Å². The summed E-state index contributed by atoms with van der Waals surface area (Å²) in [6.45, 7) is 2.31. The average Bonchev–Trinajstić information content (AvgIpc) is 2.70. The molecule has 29 heavy (non-hydrogen) atoms. The van der Waals surface area contributed by atoms with Gasteiger partial charge in [-0.25, -0.2) is 8.42 Å². The lowest BCUT2D eigenvalue weighted by Gasteiger charge is -2.26. The molecule has 0 spiro atoms. The number of aliphatic carboxylic acids is 1. The third-order valence-electron chi connectivity index (χ3n) is 4.00. The highest BCUT2D eigenvalue weighted by atomic mass is 35.5. The van der Waals surface area contributed by atoms with Gasteiger partial charge in [0.25, 0.3) is 5.91 Å². The smallest absolute Gasteiger partial charge is 0.325 e.